The van der Waals surface area contributed by atoms with Crippen LogP contribution in [-0.4, -0.2) is 33.2 Å². The maximum absolute atomic E-state index is 11.2. The number of hydrogen-bond donors (Lipinski definition) is 2. The highest BCUT2D eigenvalue weighted by molar-refractivity contribution is 5.76. The van der Waals surface area contributed by atoms with Gasteiger partial charge in [-0.2, -0.15) is 4.98 Å². The van der Waals surface area contributed by atoms with Crippen LogP contribution in [-0.2, 0) is 4.79 Å². The number of carbonyl (C=O) groups is 1. The highest BCUT2D eigenvalue weighted by Crippen LogP contribution is 2.14. The lowest BCUT2D eigenvalue weighted by Crippen LogP contribution is -2.31. The van der Waals surface area contributed by atoms with Gasteiger partial charge in [0.1, 0.15) is 11.9 Å². The molecule has 1 heterocycles. The number of ether oxygens (including phenoxy) is 1. The zero-order chi connectivity index (χ0) is 14.4. The highest BCUT2D eigenvalue weighted by Gasteiger charge is 2.19. The average Bonchev–Trinajstić information content (AvgIpc) is 2.26. The van der Waals surface area contributed by atoms with Crippen LogP contribution in [0.15, 0.2) is 12.4 Å². The van der Waals surface area contributed by atoms with Crippen molar-refractivity contribution in [2.75, 3.05) is 5.32 Å². The Balaban J connectivity index is 2.76. The standard InChI is InChI=1S/C13H21N3O3/c1-8(2)5-10(13(17)18)15-11-6-14-7-12(16-11)19-9(3)4/h6-10H,5H2,1-4H3,(H,15,16)(H,17,18). The maximum Gasteiger partial charge on any atom is 0.326 e. The number of nitrogens with zero attached hydrogens (tertiary/aromatic N) is 2. The monoisotopic (exact) mass is 267 g/mol. The summed E-state index contributed by atoms with van der Waals surface area (Å²) in [5, 5.41) is 12.0. The number of anilines is 1. The van der Waals surface area contributed by atoms with E-state index in [2.05, 4.69) is 15.3 Å². The van der Waals surface area contributed by atoms with E-state index in [9.17, 15) is 4.79 Å². The van der Waals surface area contributed by atoms with E-state index in [1.807, 2.05) is 27.7 Å². The first kappa shape index (κ1) is 15.2. The van der Waals surface area contributed by atoms with Gasteiger partial charge in [0.2, 0.25) is 5.88 Å². The number of aliphatic carboxylic acids is 1. The Bertz CT molecular complexity index is 421. The SMILES string of the molecule is CC(C)CC(Nc1cncc(OC(C)C)n1)C(=O)O. The second-order valence-corrected chi connectivity index (χ2v) is 5.07. The summed E-state index contributed by atoms with van der Waals surface area (Å²) in [6.07, 6.45) is 3.51. The van der Waals surface area contributed by atoms with E-state index in [0.717, 1.165) is 0 Å². The lowest BCUT2D eigenvalue weighted by Gasteiger charge is -2.17. The topological polar surface area (TPSA) is 84.3 Å². The molecule has 1 aromatic rings. The largest absolute Gasteiger partial charge is 0.480 e. The summed E-state index contributed by atoms with van der Waals surface area (Å²) in [4.78, 5) is 19.3. The number of carboxylic acid groups (broad SMARTS) is 1. The van der Waals surface area contributed by atoms with Crippen LogP contribution < -0.4 is 10.1 Å². The molecule has 1 aromatic heterocycles. The molecule has 0 aromatic carbocycles. The van der Waals surface area contributed by atoms with Crippen LogP contribution in [0.4, 0.5) is 5.82 Å². The summed E-state index contributed by atoms with van der Waals surface area (Å²) in [6, 6.07) is -0.677. The van der Waals surface area contributed by atoms with E-state index in [4.69, 9.17) is 9.84 Å². The third-order valence-corrected chi connectivity index (χ3v) is 2.30. The minimum absolute atomic E-state index is 0.00418. The summed E-state index contributed by atoms with van der Waals surface area (Å²) >= 11 is 0. The summed E-state index contributed by atoms with van der Waals surface area (Å²) < 4.78 is 5.42. The van der Waals surface area contributed by atoms with Crippen LogP contribution in [0.5, 0.6) is 5.88 Å². The van der Waals surface area contributed by atoms with Crippen LogP contribution >= 0.6 is 0 Å². The number of aromatic nitrogens is 2. The Morgan fingerprint density at radius 1 is 1.37 bits per heavy atom. The first-order valence-electron chi connectivity index (χ1n) is 6.36. The summed E-state index contributed by atoms with van der Waals surface area (Å²) in [6.45, 7) is 7.73. The Labute approximate surface area is 113 Å². The third kappa shape index (κ3) is 5.54. The predicted molar refractivity (Wildman–Crippen MR) is 72.3 cm³/mol. The van der Waals surface area contributed by atoms with Gasteiger partial charge in [-0.25, -0.2) is 4.79 Å². The lowest BCUT2D eigenvalue weighted by atomic mass is 10.0. The van der Waals surface area contributed by atoms with E-state index in [1.54, 1.807) is 0 Å². The fourth-order valence-corrected chi connectivity index (χ4v) is 1.59. The molecule has 1 rings (SSSR count). The van der Waals surface area contributed by atoms with Crippen molar-refractivity contribution >= 4 is 11.8 Å². The van der Waals surface area contributed by atoms with Crippen LogP contribution in [0.2, 0.25) is 0 Å². The van der Waals surface area contributed by atoms with Crippen molar-refractivity contribution in [3.63, 3.8) is 0 Å². The Hall–Kier alpha value is -1.85. The van der Waals surface area contributed by atoms with Crippen LogP contribution in [0.25, 0.3) is 0 Å². The molecule has 0 aliphatic rings. The number of nitrogens with one attached hydrogen (secondary N) is 1. The van der Waals surface area contributed by atoms with Crippen molar-refractivity contribution in [1.29, 1.82) is 0 Å². The Kier molecular flexibility index (Phi) is 5.54. The number of rotatable bonds is 7. The van der Waals surface area contributed by atoms with Crippen molar-refractivity contribution in [1.82, 2.24) is 9.97 Å². The third-order valence-electron chi connectivity index (χ3n) is 2.30. The smallest absolute Gasteiger partial charge is 0.326 e. The summed E-state index contributed by atoms with van der Waals surface area (Å²) in [5.74, 6) is 0.169. The molecule has 2 N–H and O–H groups in total. The van der Waals surface area contributed by atoms with Gasteiger partial charge in [-0.3, -0.25) is 4.98 Å². The Morgan fingerprint density at radius 3 is 2.58 bits per heavy atom. The van der Waals surface area contributed by atoms with Crippen molar-refractivity contribution in [2.24, 2.45) is 5.92 Å². The van der Waals surface area contributed by atoms with Gasteiger partial charge in [-0.15, -0.1) is 0 Å². The molecule has 0 aliphatic carbocycles. The van der Waals surface area contributed by atoms with E-state index in [-0.39, 0.29) is 12.0 Å². The molecule has 0 spiro atoms. The molecule has 0 radical (unpaired) electrons. The van der Waals surface area contributed by atoms with Crippen molar-refractivity contribution in [3.05, 3.63) is 12.4 Å². The first-order chi connectivity index (χ1) is 8.88. The highest BCUT2D eigenvalue weighted by atomic mass is 16.5. The van der Waals surface area contributed by atoms with E-state index in [0.29, 0.717) is 18.1 Å². The van der Waals surface area contributed by atoms with E-state index in [1.165, 1.54) is 12.4 Å². The van der Waals surface area contributed by atoms with E-state index < -0.39 is 12.0 Å². The summed E-state index contributed by atoms with van der Waals surface area (Å²) in [5.41, 5.74) is 0. The van der Waals surface area contributed by atoms with Crippen molar-refractivity contribution in [2.45, 2.75) is 46.3 Å². The lowest BCUT2D eigenvalue weighted by molar-refractivity contribution is -0.138. The zero-order valence-corrected chi connectivity index (χ0v) is 11.8. The molecule has 6 nitrogen and oxygen atoms in total. The van der Waals surface area contributed by atoms with Gasteiger partial charge in [-0.1, -0.05) is 13.8 Å². The van der Waals surface area contributed by atoms with Crippen molar-refractivity contribution in [3.8, 4) is 5.88 Å². The molecule has 1 atom stereocenters. The molecule has 0 amide bonds. The minimum Gasteiger partial charge on any atom is -0.480 e. The molecule has 1 unspecified atom stereocenters. The average molecular weight is 267 g/mol. The van der Waals surface area contributed by atoms with Gasteiger partial charge >= 0.3 is 5.97 Å². The quantitative estimate of drug-likeness (QED) is 0.787. The molecule has 106 valence electrons. The fraction of sp³-hybridized carbons (Fsp3) is 0.615. The maximum atomic E-state index is 11.2. The molecule has 19 heavy (non-hydrogen) atoms. The van der Waals surface area contributed by atoms with Gasteiger partial charge in [0.05, 0.1) is 18.5 Å². The molecule has 0 fully saturated rings. The van der Waals surface area contributed by atoms with Crippen LogP contribution in [0.1, 0.15) is 34.1 Å². The molecule has 0 saturated carbocycles. The molecule has 0 aliphatic heterocycles. The van der Waals surface area contributed by atoms with Gasteiger partial charge in [-0.05, 0) is 26.2 Å². The van der Waals surface area contributed by atoms with E-state index >= 15 is 0 Å². The normalized spacial score (nSPS) is 12.5. The van der Waals surface area contributed by atoms with Gasteiger partial charge in [0, 0.05) is 0 Å². The fourth-order valence-electron chi connectivity index (χ4n) is 1.59. The summed E-state index contributed by atoms with van der Waals surface area (Å²) in [7, 11) is 0. The molecule has 0 bridgehead atoms. The minimum atomic E-state index is -0.898. The molecule has 6 heteroatoms. The van der Waals surface area contributed by atoms with Gasteiger partial charge < -0.3 is 15.2 Å². The van der Waals surface area contributed by atoms with Gasteiger partial charge in [0.25, 0.3) is 0 Å². The predicted octanol–water partition coefficient (Wildman–Crippen LogP) is 2.17. The Morgan fingerprint density at radius 2 is 2.05 bits per heavy atom. The van der Waals surface area contributed by atoms with Crippen LogP contribution in [0, 0.1) is 5.92 Å². The number of carboxylic acids is 1. The zero-order valence-electron chi connectivity index (χ0n) is 11.8. The molecular weight excluding hydrogens is 246 g/mol. The molecule has 0 saturated heterocycles. The number of hydrogen-bond acceptors (Lipinski definition) is 5. The first-order valence-corrected chi connectivity index (χ1v) is 6.36. The molecular formula is C13H21N3O3. The second kappa shape index (κ2) is 6.92. The van der Waals surface area contributed by atoms with Crippen LogP contribution in [0.3, 0.4) is 0 Å². The van der Waals surface area contributed by atoms with Gasteiger partial charge in [0.15, 0.2) is 0 Å². The van der Waals surface area contributed by atoms with Crippen molar-refractivity contribution < 1.29 is 14.6 Å². The second-order valence-electron chi connectivity index (χ2n) is 5.07.